The molecule has 8 heteroatoms. The average molecular weight is 468 g/mol. The van der Waals surface area contributed by atoms with Gasteiger partial charge in [0.15, 0.2) is 11.5 Å². The van der Waals surface area contributed by atoms with Crippen molar-refractivity contribution in [1.29, 1.82) is 0 Å². The molecule has 8 nitrogen and oxygen atoms in total. The molecule has 0 saturated carbocycles. The Bertz CT molecular complexity index is 995. The van der Waals surface area contributed by atoms with Crippen molar-refractivity contribution in [3.63, 3.8) is 0 Å². The van der Waals surface area contributed by atoms with Crippen LogP contribution in [0.2, 0.25) is 0 Å². The van der Waals surface area contributed by atoms with E-state index in [9.17, 15) is 14.4 Å². The normalized spacial score (nSPS) is 15.2. The van der Waals surface area contributed by atoms with Gasteiger partial charge in [0.2, 0.25) is 17.7 Å². The molecule has 0 bridgehead atoms. The molecule has 3 rings (SSSR count). The van der Waals surface area contributed by atoms with Crippen molar-refractivity contribution in [1.82, 2.24) is 9.80 Å². The fraction of sp³-hybridized carbons (Fsp3) is 0.423. The third-order valence-electron chi connectivity index (χ3n) is 5.66. The zero-order valence-corrected chi connectivity index (χ0v) is 20.1. The molecule has 3 amide bonds. The monoisotopic (exact) mass is 467 g/mol. The molecule has 1 aliphatic rings. The number of hydrogen-bond acceptors (Lipinski definition) is 5. The molecule has 0 unspecified atom stereocenters. The Labute approximate surface area is 200 Å². The predicted molar refractivity (Wildman–Crippen MR) is 130 cm³/mol. The van der Waals surface area contributed by atoms with Crippen molar-refractivity contribution >= 4 is 23.4 Å². The SMILES string of the molecule is CCOc1ccc(NC(=O)CN(C)C(=O)[C@@H]2CC(=O)N(CCc3ccccc3)C2)cc1OCC. The topological polar surface area (TPSA) is 88.2 Å². The van der Waals surface area contributed by atoms with Gasteiger partial charge >= 0.3 is 0 Å². The van der Waals surface area contributed by atoms with Gasteiger partial charge in [-0.25, -0.2) is 0 Å². The lowest BCUT2D eigenvalue weighted by atomic mass is 10.1. The molecule has 1 aliphatic heterocycles. The van der Waals surface area contributed by atoms with Gasteiger partial charge in [0.25, 0.3) is 0 Å². The number of carbonyl (C=O) groups is 3. The van der Waals surface area contributed by atoms with E-state index in [-0.39, 0.29) is 30.7 Å². The molecule has 0 aliphatic carbocycles. The van der Waals surface area contributed by atoms with Crippen molar-refractivity contribution in [2.75, 3.05) is 45.2 Å². The maximum Gasteiger partial charge on any atom is 0.243 e. The van der Waals surface area contributed by atoms with Gasteiger partial charge < -0.3 is 24.6 Å². The van der Waals surface area contributed by atoms with E-state index in [1.165, 1.54) is 4.90 Å². The summed E-state index contributed by atoms with van der Waals surface area (Å²) in [4.78, 5) is 41.0. The molecule has 2 aromatic rings. The van der Waals surface area contributed by atoms with Crippen molar-refractivity contribution in [3.05, 3.63) is 54.1 Å². The van der Waals surface area contributed by atoms with E-state index in [0.717, 1.165) is 12.0 Å². The summed E-state index contributed by atoms with van der Waals surface area (Å²) in [6, 6.07) is 15.1. The highest BCUT2D eigenvalue weighted by Gasteiger charge is 2.35. The molecule has 2 aromatic carbocycles. The molecule has 0 aromatic heterocycles. The number of anilines is 1. The first kappa shape index (κ1) is 25.1. The van der Waals surface area contributed by atoms with Crippen LogP contribution in [0.15, 0.2) is 48.5 Å². The third kappa shape index (κ3) is 6.73. The standard InChI is InChI=1S/C26H33N3O5/c1-4-33-22-12-11-21(16-23(22)34-5-2)27-24(30)18-28(3)26(32)20-15-25(31)29(17-20)14-13-19-9-7-6-8-10-19/h6-12,16,20H,4-5,13-15,17-18H2,1-3H3,(H,27,30)/t20-/m1/s1. The second-order valence-electron chi connectivity index (χ2n) is 8.25. The molecule has 1 fully saturated rings. The van der Waals surface area contributed by atoms with E-state index in [2.05, 4.69) is 5.32 Å². The van der Waals surface area contributed by atoms with E-state index < -0.39 is 5.92 Å². The van der Waals surface area contributed by atoms with Crippen LogP contribution in [0.1, 0.15) is 25.8 Å². The van der Waals surface area contributed by atoms with E-state index in [4.69, 9.17) is 9.47 Å². The summed E-state index contributed by atoms with van der Waals surface area (Å²) in [5.74, 6) is 0.171. The minimum absolute atomic E-state index is 0.0232. The van der Waals surface area contributed by atoms with Gasteiger partial charge in [-0.05, 0) is 38.0 Å². The number of amides is 3. The first-order chi connectivity index (χ1) is 16.4. The molecule has 1 saturated heterocycles. The highest BCUT2D eigenvalue weighted by Crippen LogP contribution is 2.30. The number of likely N-dealkylation sites (N-methyl/N-ethyl adjacent to an activating group) is 1. The number of nitrogens with one attached hydrogen (secondary N) is 1. The van der Waals surface area contributed by atoms with Gasteiger partial charge in [-0.2, -0.15) is 0 Å². The zero-order chi connectivity index (χ0) is 24.5. The van der Waals surface area contributed by atoms with Gasteiger partial charge in [0.05, 0.1) is 25.7 Å². The van der Waals surface area contributed by atoms with E-state index >= 15 is 0 Å². The van der Waals surface area contributed by atoms with Gasteiger partial charge in [0.1, 0.15) is 0 Å². The molecular formula is C26H33N3O5. The maximum absolute atomic E-state index is 12.9. The summed E-state index contributed by atoms with van der Waals surface area (Å²) < 4.78 is 11.1. The number of nitrogens with zero attached hydrogens (tertiary/aromatic N) is 2. The summed E-state index contributed by atoms with van der Waals surface area (Å²) in [7, 11) is 1.59. The molecule has 1 atom stereocenters. The van der Waals surface area contributed by atoms with Crippen molar-refractivity contribution in [2.45, 2.75) is 26.7 Å². The van der Waals surface area contributed by atoms with E-state index in [0.29, 0.717) is 43.5 Å². The Balaban J connectivity index is 1.51. The Morgan fingerprint density at radius 2 is 1.76 bits per heavy atom. The van der Waals surface area contributed by atoms with Crippen LogP contribution in [0.4, 0.5) is 5.69 Å². The minimum Gasteiger partial charge on any atom is -0.490 e. The molecule has 1 N–H and O–H groups in total. The molecule has 0 radical (unpaired) electrons. The van der Waals surface area contributed by atoms with Crippen LogP contribution in [-0.4, -0.2) is 67.4 Å². The highest BCUT2D eigenvalue weighted by molar-refractivity contribution is 5.96. The van der Waals surface area contributed by atoms with Crippen LogP contribution in [-0.2, 0) is 20.8 Å². The second-order valence-corrected chi connectivity index (χ2v) is 8.25. The Morgan fingerprint density at radius 3 is 2.47 bits per heavy atom. The van der Waals surface area contributed by atoms with Crippen LogP contribution in [0.5, 0.6) is 11.5 Å². The largest absolute Gasteiger partial charge is 0.490 e. The number of ether oxygens (including phenoxy) is 2. The molecule has 182 valence electrons. The summed E-state index contributed by atoms with van der Waals surface area (Å²) >= 11 is 0. The quantitative estimate of drug-likeness (QED) is 0.549. The lowest BCUT2D eigenvalue weighted by Crippen LogP contribution is -2.39. The lowest BCUT2D eigenvalue weighted by Gasteiger charge is -2.21. The van der Waals surface area contributed by atoms with Gasteiger partial charge in [-0.1, -0.05) is 30.3 Å². The Hall–Kier alpha value is -3.55. The number of benzene rings is 2. The smallest absolute Gasteiger partial charge is 0.243 e. The van der Waals surface area contributed by atoms with Crippen LogP contribution >= 0.6 is 0 Å². The number of likely N-dealkylation sites (tertiary alicyclic amines) is 1. The van der Waals surface area contributed by atoms with Crippen molar-refractivity contribution < 1.29 is 23.9 Å². The highest BCUT2D eigenvalue weighted by atomic mass is 16.5. The second kappa shape index (κ2) is 12.1. The molecule has 0 spiro atoms. The summed E-state index contributed by atoms with van der Waals surface area (Å²) in [5, 5.41) is 2.80. The van der Waals surface area contributed by atoms with Crippen LogP contribution < -0.4 is 14.8 Å². The fourth-order valence-corrected chi connectivity index (χ4v) is 4.00. The lowest BCUT2D eigenvalue weighted by molar-refractivity contribution is -0.137. The first-order valence-electron chi connectivity index (χ1n) is 11.7. The number of hydrogen-bond donors (Lipinski definition) is 1. The minimum atomic E-state index is -0.434. The molecular weight excluding hydrogens is 434 g/mol. The van der Waals surface area contributed by atoms with Crippen molar-refractivity contribution in [3.8, 4) is 11.5 Å². The Kier molecular flexibility index (Phi) is 8.90. The Morgan fingerprint density at radius 1 is 1.06 bits per heavy atom. The summed E-state index contributed by atoms with van der Waals surface area (Å²) in [6.07, 6.45) is 0.924. The van der Waals surface area contributed by atoms with Crippen LogP contribution in [0, 0.1) is 5.92 Å². The van der Waals surface area contributed by atoms with Gasteiger partial charge in [-0.15, -0.1) is 0 Å². The van der Waals surface area contributed by atoms with Gasteiger partial charge in [0, 0.05) is 38.3 Å². The zero-order valence-electron chi connectivity index (χ0n) is 20.1. The van der Waals surface area contributed by atoms with E-state index in [1.54, 1.807) is 30.1 Å². The fourth-order valence-electron chi connectivity index (χ4n) is 4.00. The molecule has 34 heavy (non-hydrogen) atoms. The molecule has 1 heterocycles. The van der Waals surface area contributed by atoms with Crippen LogP contribution in [0.25, 0.3) is 0 Å². The summed E-state index contributed by atoms with van der Waals surface area (Å²) in [5.41, 5.74) is 1.71. The number of carbonyl (C=O) groups excluding carboxylic acids is 3. The number of rotatable bonds is 11. The maximum atomic E-state index is 12.9. The average Bonchev–Trinajstić information content (AvgIpc) is 3.20. The third-order valence-corrected chi connectivity index (χ3v) is 5.66. The van der Waals surface area contributed by atoms with Crippen LogP contribution in [0.3, 0.4) is 0 Å². The predicted octanol–water partition coefficient (Wildman–Crippen LogP) is 2.97. The van der Waals surface area contributed by atoms with Gasteiger partial charge in [-0.3, -0.25) is 14.4 Å². The van der Waals surface area contributed by atoms with Crippen molar-refractivity contribution in [2.24, 2.45) is 5.92 Å². The van der Waals surface area contributed by atoms with E-state index in [1.807, 2.05) is 44.2 Å². The summed E-state index contributed by atoms with van der Waals surface area (Å²) in [6.45, 7) is 5.59. The first-order valence-corrected chi connectivity index (χ1v) is 11.7.